The van der Waals surface area contributed by atoms with Crippen LogP contribution in [-0.4, -0.2) is 59.5 Å². The molecule has 170 valence electrons. The number of hydrogen-bond donors (Lipinski definition) is 2. The highest BCUT2D eigenvalue weighted by atomic mass is 32.2. The van der Waals surface area contributed by atoms with Gasteiger partial charge in [-0.15, -0.1) is 11.8 Å². The van der Waals surface area contributed by atoms with E-state index < -0.39 is 17.1 Å². The van der Waals surface area contributed by atoms with Crippen molar-refractivity contribution < 1.29 is 23.2 Å². The average molecular weight is 472 g/mol. The van der Waals surface area contributed by atoms with Crippen molar-refractivity contribution in [2.75, 3.05) is 31.1 Å². The number of nitrogens with one attached hydrogen (secondary N) is 2. The molecular weight excluding hydrogens is 444 g/mol. The molecule has 2 heterocycles. The first-order valence-electron chi connectivity index (χ1n) is 10.2. The van der Waals surface area contributed by atoms with Crippen LogP contribution in [0, 0.1) is 6.92 Å². The number of fused-ring (bicyclic) bond motifs is 1. The Morgan fingerprint density at radius 3 is 2.77 bits per heavy atom. The first kappa shape index (κ1) is 24.0. The van der Waals surface area contributed by atoms with Gasteiger partial charge >= 0.3 is 6.43 Å². The van der Waals surface area contributed by atoms with Gasteiger partial charge in [-0.1, -0.05) is 11.8 Å². The Morgan fingerprint density at radius 1 is 1.39 bits per heavy atom. The highest BCUT2D eigenvalue weighted by Gasteiger charge is 2.40. The van der Waals surface area contributed by atoms with Gasteiger partial charge in [0, 0.05) is 35.3 Å². The van der Waals surface area contributed by atoms with Crippen molar-refractivity contribution in [1.29, 1.82) is 0 Å². The second-order valence-electron chi connectivity index (χ2n) is 8.17. The molecule has 2 aliphatic rings. The fourth-order valence-electron chi connectivity index (χ4n) is 3.66. The number of hydrogen-bond acceptors (Lipinski definition) is 6. The Hall–Kier alpha value is -1.65. The van der Waals surface area contributed by atoms with E-state index in [2.05, 4.69) is 10.6 Å². The summed E-state index contributed by atoms with van der Waals surface area (Å²) < 4.78 is 24.2. The van der Waals surface area contributed by atoms with Gasteiger partial charge in [-0.2, -0.15) is 8.78 Å². The van der Waals surface area contributed by atoms with E-state index >= 15 is 0 Å². The molecule has 1 aromatic rings. The third-order valence-corrected chi connectivity index (χ3v) is 7.70. The first-order valence-corrected chi connectivity index (χ1v) is 11.9. The lowest BCUT2D eigenvalue weighted by atomic mass is 10.1. The van der Waals surface area contributed by atoms with E-state index in [0.717, 1.165) is 36.4 Å². The van der Waals surface area contributed by atoms with E-state index in [-0.39, 0.29) is 29.4 Å². The number of aryl methyl sites for hydroxylation is 1. The molecule has 0 radical (unpaired) electrons. The van der Waals surface area contributed by atoms with Crippen LogP contribution in [-0.2, 0) is 9.59 Å². The molecule has 0 saturated carbocycles. The number of alkyl halides is 2. The van der Waals surface area contributed by atoms with Crippen molar-refractivity contribution >= 4 is 46.1 Å². The highest BCUT2D eigenvalue weighted by molar-refractivity contribution is 8.14. The van der Waals surface area contributed by atoms with E-state index in [1.54, 1.807) is 19.9 Å². The number of amides is 2. The van der Waals surface area contributed by atoms with Gasteiger partial charge in [-0.25, -0.2) is 0 Å². The van der Waals surface area contributed by atoms with Crippen LogP contribution in [0.5, 0.6) is 0 Å². The van der Waals surface area contributed by atoms with Crippen LogP contribution in [0.2, 0.25) is 0 Å². The van der Waals surface area contributed by atoms with E-state index in [9.17, 15) is 23.2 Å². The number of piperidine rings is 1. The van der Waals surface area contributed by atoms with Gasteiger partial charge in [-0.05, 0) is 57.9 Å². The minimum absolute atomic E-state index is 0.0396. The van der Waals surface area contributed by atoms with Crippen molar-refractivity contribution in [3.63, 3.8) is 0 Å². The molecule has 0 bridgehead atoms. The zero-order valence-corrected chi connectivity index (χ0v) is 19.4. The molecule has 2 aliphatic heterocycles. The smallest absolute Gasteiger partial charge is 0.315 e. The summed E-state index contributed by atoms with van der Waals surface area (Å²) in [6.45, 7) is 7.18. The summed E-state index contributed by atoms with van der Waals surface area (Å²) in [7, 11) is 0. The minimum atomic E-state index is -3.10. The Morgan fingerprint density at radius 2 is 2.13 bits per heavy atom. The first-order chi connectivity index (χ1) is 14.6. The number of thioether (sulfide) groups is 2. The molecule has 10 heteroatoms. The molecule has 0 aromatic heterocycles. The molecule has 0 spiro atoms. The maximum absolute atomic E-state index is 13.0. The Labute approximate surface area is 189 Å². The van der Waals surface area contributed by atoms with Crippen LogP contribution in [0.1, 0.15) is 42.6 Å². The van der Waals surface area contributed by atoms with Crippen LogP contribution < -0.4 is 15.5 Å². The number of carbonyl (C=O) groups excluding carboxylic acids is 3. The van der Waals surface area contributed by atoms with Gasteiger partial charge < -0.3 is 15.5 Å². The summed E-state index contributed by atoms with van der Waals surface area (Å²) in [5.74, 6) is -1.56. The molecule has 1 aromatic carbocycles. The predicted molar refractivity (Wildman–Crippen MR) is 120 cm³/mol. The monoisotopic (exact) mass is 471 g/mol. The minimum Gasteiger partial charge on any atom is -0.349 e. The maximum atomic E-state index is 13.0. The molecule has 0 unspecified atom stereocenters. The van der Waals surface area contributed by atoms with Gasteiger partial charge in [0.25, 0.3) is 5.91 Å². The van der Waals surface area contributed by atoms with E-state index in [4.69, 9.17) is 0 Å². The molecule has 0 aliphatic carbocycles. The Kier molecular flexibility index (Phi) is 7.64. The molecule has 3 rings (SSSR count). The summed E-state index contributed by atoms with van der Waals surface area (Å²) in [6.07, 6.45) is -1.09. The molecule has 1 fully saturated rings. The second kappa shape index (κ2) is 9.87. The molecule has 2 N–H and O–H groups in total. The van der Waals surface area contributed by atoms with Crippen LogP contribution in [0.4, 0.5) is 14.5 Å². The molecular formula is C21H27F2N3O3S2. The largest absolute Gasteiger partial charge is 0.349 e. The quantitative estimate of drug-likeness (QED) is 0.663. The van der Waals surface area contributed by atoms with Crippen LogP contribution in [0.3, 0.4) is 0 Å². The number of carbonyl (C=O) groups is 3. The zero-order chi connectivity index (χ0) is 22.8. The number of nitrogens with zero attached hydrogens (tertiary/aromatic N) is 1. The Balaban J connectivity index is 1.85. The van der Waals surface area contributed by atoms with Crippen LogP contribution in [0.25, 0.3) is 0 Å². The number of rotatable bonds is 6. The third-order valence-electron chi connectivity index (χ3n) is 5.30. The van der Waals surface area contributed by atoms with Gasteiger partial charge in [-0.3, -0.25) is 14.4 Å². The number of halogens is 2. The third kappa shape index (κ3) is 5.59. The van der Waals surface area contributed by atoms with E-state index in [1.807, 2.05) is 13.0 Å². The maximum Gasteiger partial charge on any atom is 0.315 e. The van der Waals surface area contributed by atoms with Crippen LogP contribution >= 0.6 is 23.5 Å². The van der Waals surface area contributed by atoms with Crippen molar-refractivity contribution in [1.82, 2.24) is 10.6 Å². The Bertz CT molecular complexity index is 874. The van der Waals surface area contributed by atoms with Crippen molar-refractivity contribution in [3.05, 3.63) is 23.3 Å². The lowest BCUT2D eigenvalue weighted by Gasteiger charge is -2.38. The SMILES string of the molecule is Cc1cc2c(cc1C(=O)S[C@@H]1CCCNC1)N(CCNC(=O)C(F)F)C(=O)C(C)(C)S2. The molecule has 1 saturated heterocycles. The van der Waals surface area contributed by atoms with Crippen molar-refractivity contribution in [2.45, 2.75) is 54.9 Å². The van der Waals surface area contributed by atoms with Gasteiger partial charge in [0.05, 0.1) is 10.4 Å². The summed E-state index contributed by atoms with van der Waals surface area (Å²) in [6, 6.07) is 3.64. The number of benzene rings is 1. The molecule has 6 nitrogen and oxygen atoms in total. The molecule has 31 heavy (non-hydrogen) atoms. The van der Waals surface area contributed by atoms with E-state index in [0.29, 0.717) is 11.3 Å². The molecule has 2 amide bonds. The lowest BCUT2D eigenvalue weighted by molar-refractivity contribution is -0.131. The van der Waals surface area contributed by atoms with Crippen LogP contribution in [0.15, 0.2) is 17.0 Å². The summed E-state index contributed by atoms with van der Waals surface area (Å²) >= 11 is 2.73. The van der Waals surface area contributed by atoms with Gasteiger partial charge in [0.15, 0.2) is 0 Å². The number of anilines is 1. The summed E-state index contributed by atoms with van der Waals surface area (Å²) in [5, 5.41) is 5.62. The van der Waals surface area contributed by atoms with Crippen molar-refractivity contribution in [2.24, 2.45) is 0 Å². The van der Waals surface area contributed by atoms with Crippen molar-refractivity contribution in [3.8, 4) is 0 Å². The standard InChI is InChI=1S/C21H27F2N3O3S2/c1-12-9-16-15(10-14(12)19(28)30-13-5-4-6-24-11-13)26(20(29)21(2,3)31-16)8-7-25-18(27)17(22)23/h9-10,13,17,24H,4-8,11H2,1-3H3,(H,25,27)/t13-/m1/s1. The van der Waals surface area contributed by atoms with Gasteiger partial charge in [0.1, 0.15) is 0 Å². The highest BCUT2D eigenvalue weighted by Crippen LogP contribution is 2.46. The summed E-state index contributed by atoms with van der Waals surface area (Å²) in [4.78, 5) is 39.6. The summed E-state index contributed by atoms with van der Waals surface area (Å²) in [5.41, 5.74) is 1.96. The topological polar surface area (TPSA) is 78.5 Å². The zero-order valence-electron chi connectivity index (χ0n) is 17.8. The fraction of sp³-hybridized carbons (Fsp3) is 0.571. The molecule has 1 atom stereocenters. The second-order valence-corrected chi connectivity index (χ2v) is 11.1. The predicted octanol–water partition coefficient (Wildman–Crippen LogP) is 3.22. The lowest BCUT2D eigenvalue weighted by Crippen LogP contribution is -2.49. The van der Waals surface area contributed by atoms with E-state index in [1.165, 1.54) is 28.4 Å². The van der Waals surface area contributed by atoms with Gasteiger partial charge in [0.2, 0.25) is 11.0 Å². The fourth-order valence-corrected chi connectivity index (χ4v) is 6.05. The average Bonchev–Trinajstić information content (AvgIpc) is 2.70. The normalized spacial score (nSPS) is 20.5.